The van der Waals surface area contributed by atoms with Crippen molar-refractivity contribution in [1.29, 1.82) is 0 Å². The van der Waals surface area contributed by atoms with E-state index in [9.17, 15) is 14.7 Å². The van der Waals surface area contributed by atoms with Crippen LogP contribution < -0.4 is 15.5 Å². The van der Waals surface area contributed by atoms with Crippen molar-refractivity contribution in [2.24, 2.45) is 5.92 Å². The number of benzene rings is 2. The Morgan fingerprint density at radius 1 is 1.15 bits per heavy atom. The normalized spacial score (nSPS) is 21.5. The summed E-state index contributed by atoms with van der Waals surface area (Å²) < 4.78 is 0. The number of nitrogens with one attached hydrogen (secondary N) is 2. The van der Waals surface area contributed by atoms with Crippen LogP contribution >= 0.6 is 0 Å². The number of amides is 3. The lowest BCUT2D eigenvalue weighted by Gasteiger charge is -2.42. The molecule has 2 heterocycles. The summed E-state index contributed by atoms with van der Waals surface area (Å²) in [5.74, 6) is 0.180. The molecule has 4 rings (SSSR count). The van der Waals surface area contributed by atoms with Gasteiger partial charge in [0, 0.05) is 17.8 Å². The average molecular weight is 451 g/mol. The SMILES string of the molecule is Cc1ccc(N2C(=O)Nc3ccccc3C2(O)C(=O)NCCCN2CCC(C)CC2)cc1C. The fraction of sp³-hybridized carbons (Fsp3) is 0.462. The fourth-order valence-electron chi connectivity index (χ4n) is 4.64. The first-order valence-electron chi connectivity index (χ1n) is 11.8. The molecule has 2 aliphatic heterocycles. The lowest BCUT2D eigenvalue weighted by molar-refractivity contribution is -0.140. The summed E-state index contributed by atoms with van der Waals surface area (Å²) in [6.45, 7) is 9.72. The quantitative estimate of drug-likeness (QED) is 0.586. The second kappa shape index (κ2) is 9.53. The highest BCUT2D eigenvalue weighted by molar-refractivity contribution is 6.11. The summed E-state index contributed by atoms with van der Waals surface area (Å²) in [6, 6.07) is 11.8. The van der Waals surface area contributed by atoms with E-state index < -0.39 is 17.7 Å². The molecule has 176 valence electrons. The van der Waals surface area contributed by atoms with Gasteiger partial charge in [-0.1, -0.05) is 31.2 Å². The molecule has 1 fully saturated rings. The number of hydrogen-bond acceptors (Lipinski definition) is 4. The summed E-state index contributed by atoms with van der Waals surface area (Å²) in [5.41, 5.74) is 1.13. The molecule has 3 N–H and O–H groups in total. The number of carbonyl (C=O) groups is 2. The number of nitrogens with zero attached hydrogens (tertiary/aromatic N) is 2. The van der Waals surface area contributed by atoms with Gasteiger partial charge in [0.05, 0.1) is 5.69 Å². The highest BCUT2D eigenvalue weighted by Crippen LogP contribution is 2.40. The first-order chi connectivity index (χ1) is 15.8. The topological polar surface area (TPSA) is 84.9 Å². The minimum absolute atomic E-state index is 0.352. The van der Waals surface area contributed by atoms with Crippen LogP contribution in [0, 0.1) is 19.8 Å². The number of likely N-dealkylation sites (tertiary alicyclic amines) is 1. The molecule has 0 bridgehead atoms. The predicted molar refractivity (Wildman–Crippen MR) is 130 cm³/mol. The number of fused-ring (bicyclic) bond motifs is 1. The van der Waals surface area contributed by atoms with Crippen LogP contribution in [0.3, 0.4) is 0 Å². The molecule has 0 saturated carbocycles. The van der Waals surface area contributed by atoms with Crippen molar-refractivity contribution < 1.29 is 14.7 Å². The standard InChI is InChI=1S/C26H34N4O3/c1-18-11-15-29(16-12-18)14-6-13-27-24(31)26(33)22-7-4-5-8-23(22)28-25(32)30(26)21-10-9-19(2)20(3)17-21/h4-5,7-10,17-18,33H,6,11-16H2,1-3H3,(H,27,31)(H,28,32). The van der Waals surface area contributed by atoms with Gasteiger partial charge >= 0.3 is 6.03 Å². The van der Waals surface area contributed by atoms with E-state index in [2.05, 4.69) is 22.5 Å². The van der Waals surface area contributed by atoms with Crippen LogP contribution in [0.25, 0.3) is 0 Å². The van der Waals surface area contributed by atoms with E-state index in [4.69, 9.17) is 0 Å². The van der Waals surface area contributed by atoms with Crippen molar-refractivity contribution in [3.8, 4) is 0 Å². The second-order valence-corrected chi connectivity index (χ2v) is 9.39. The molecule has 0 spiro atoms. The molecule has 2 aromatic carbocycles. The Bertz CT molecular complexity index is 1030. The largest absolute Gasteiger partial charge is 0.359 e. The molecular weight excluding hydrogens is 416 g/mol. The van der Waals surface area contributed by atoms with Crippen LogP contribution in [-0.2, 0) is 10.5 Å². The first kappa shape index (κ1) is 23.3. The summed E-state index contributed by atoms with van der Waals surface area (Å²) in [6.07, 6.45) is 3.21. The van der Waals surface area contributed by atoms with E-state index in [-0.39, 0.29) is 0 Å². The molecule has 0 aromatic heterocycles. The number of hydrogen-bond donors (Lipinski definition) is 3. The van der Waals surface area contributed by atoms with Gasteiger partial charge in [0.25, 0.3) is 11.6 Å². The molecule has 2 aliphatic rings. The van der Waals surface area contributed by atoms with Crippen LogP contribution in [0.1, 0.15) is 42.9 Å². The van der Waals surface area contributed by atoms with Gasteiger partial charge in [-0.3, -0.25) is 9.69 Å². The molecule has 0 aliphatic carbocycles. The van der Waals surface area contributed by atoms with Gasteiger partial charge in [-0.2, -0.15) is 0 Å². The van der Waals surface area contributed by atoms with Crippen molar-refractivity contribution in [2.45, 2.75) is 45.8 Å². The van der Waals surface area contributed by atoms with Gasteiger partial charge in [0.2, 0.25) is 0 Å². The number of aryl methyl sites for hydroxylation is 2. The summed E-state index contributed by atoms with van der Waals surface area (Å²) in [4.78, 5) is 30.1. The van der Waals surface area contributed by atoms with Gasteiger partial charge in [-0.25, -0.2) is 4.79 Å². The van der Waals surface area contributed by atoms with E-state index in [0.29, 0.717) is 23.5 Å². The van der Waals surface area contributed by atoms with Crippen LogP contribution in [0.15, 0.2) is 42.5 Å². The van der Waals surface area contributed by atoms with Gasteiger partial charge in [0.15, 0.2) is 0 Å². The van der Waals surface area contributed by atoms with Crippen molar-refractivity contribution in [2.75, 3.05) is 36.4 Å². The maximum absolute atomic E-state index is 13.5. The molecule has 0 radical (unpaired) electrons. The Balaban J connectivity index is 1.55. The summed E-state index contributed by atoms with van der Waals surface area (Å²) >= 11 is 0. The van der Waals surface area contributed by atoms with E-state index in [1.807, 2.05) is 26.0 Å². The molecule has 1 saturated heterocycles. The van der Waals surface area contributed by atoms with E-state index in [1.165, 1.54) is 12.8 Å². The predicted octanol–water partition coefficient (Wildman–Crippen LogP) is 3.74. The van der Waals surface area contributed by atoms with Gasteiger partial charge in [0.1, 0.15) is 0 Å². The maximum atomic E-state index is 13.5. The number of para-hydroxylation sites is 1. The smallest absolute Gasteiger partial charge is 0.329 e. The zero-order valence-electron chi connectivity index (χ0n) is 19.7. The van der Waals surface area contributed by atoms with Gasteiger partial charge in [-0.05, 0) is 88.0 Å². The van der Waals surface area contributed by atoms with Crippen molar-refractivity contribution >= 4 is 23.3 Å². The van der Waals surface area contributed by atoms with Crippen molar-refractivity contribution in [3.05, 3.63) is 59.2 Å². The number of urea groups is 1. The zero-order valence-corrected chi connectivity index (χ0v) is 19.7. The molecule has 3 amide bonds. The second-order valence-electron chi connectivity index (χ2n) is 9.39. The molecule has 1 unspecified atom stereocenters. The molecular formula is C26H34N4O3. The summed E-state index contributed by atoms with van der Waals surface area (Å²) in [7, 11) is 0. The van der Waals surface area contributed by atoms with Crippen molar-refractivity contribution in [1.82, 2.24) is 10.2 Å². The van der Waals surface area contributed by atoms with Crippen LogP contribution in [0.4, 0.5) is 16.2 Å². The minimum atomic E-state index is -2.15. The fourth-order valence-corrected chi connectivity index (χ4v) is 4.64. The lowest BCUT2D eigenvalue weighted by Crippen LogP contribution is -2.62. The van der Waals surface area contributed by atoms with E-state index in [0.717, 1.165) is 48.0 Å². The highest BCUT2D eigenvalue weighted by Gasteiger charge is 2.51. The Kier molecular flexibility index (Phi) is 6.72. The Morgan fingerprint density at radius 3 is 2.61 bits per heavy atom. The maximum Gasteiger partial charge on any atom is 0.329 e. The van der Waals surface area contributed by atoms with E-state index in [1.54, 1.807) is 30.3 Å². The third-order valence-corrected chi connectivity index (χ3v) is 6.95. The number of carbonyl (C=O) groups excluding carboxylic acids is 2. The monoisotopic (exact) mass is 450 g/mol. The van der Waals surface area contributed by atoms with Crippen molar-refractivity contribution in [3.63, 3.8) is 0 Å². The Morgan fingerprint density at radius 2 is 1.88 bits per heavy atom. The van der Waals surface area contributed by atoms with Crippen LogP contribution in [0.5, 0.6) is 0 Å². The highest BCUT2D eigenvalue weighted by atomic mass is 16.3. The number of rotatable bonds is 6. The van der Waals surface area contributed by atoms with Gasteiger partial charge in [-0.15, -0.1) is 0 Å². The van der Waals surface area contributed by atoms with Crippen LogP contribution in [-0.4, -0.2) is 48.1 Å². The minimum Gasteiger partial charge on any atom is -0.359 e. The molecule has 7 heteroatoms. The molecule has 7 nitrogen and oxygen atoms in total. The third-order valence-electron chi connectivity index (χ3n) is 6.95. The Labute approximate surface area is 195 Å². The number of piperidine rings is 1. The molecule has 1 atom stereocenters. The lowest BCUT2D eigenvalue weighted by atomic mass is 9.94. The molecule has 33 heavy (non-hydrogen) atoms. The average Bonchev–Trinajstić information content (AvgIpc) is 2.80. The van der Waals surface area contributed by atoms with E-state index >= 15 is 0 Å². The Hall–Kier alpha value is -2.90. The van der Waals surface area contributed by atoms with Gasteiger partial charge < -0.3 is 20.6 Å². The first-order valence-corrected chi connectivity index (χ1v) is 11.8. The summed E-state index contributed by atoms with van der Waals surface area (Å²) in [5, 5.41) is 17.6. The number of anilines is 2. The number of aliphatic hydroxyl groups is 1. The molecule has 2 aromatic rings. The zero-order chi connectivity index (χ0) is 23.6. The van der Waals surface area contributed by atoms with Crippen LogP contribution in [0.2, 0.25) is 0 Å². The third kappa shape index (κ3) is 4.61.